The lowest BCUT2D eigenvalue weighted by atomic mass is 9.74. The largest absolute Gasteiger partial charge is 0.507 e. The second kappa shape index (κ2) is 5.13. The molecule has 3 heteroatoms. The van der Waals surface area contributed by atoms with E-state index in [2.05, 4.69) is 13.5 Å². The van der Waals surface area contributed by atoms with Crippen molar-refractivity contribution in [1.82, 2.24) is 0 Å². The third-order valence-corrected chi connectivity index (χ3v) is 5.62. The Kier molecular flexibility index (Phi) is 3.56. The topological polar surface area (TPSA) is 46.2 Å². The summed E-state index contributed by atoms with van der Waals surface area (Å²) in [6.45, 7) is 7.75. The summed E-state index contributed by atoms with van der Waals surface area (Å²) >= 11 is 0. The van der Waals surface area contributed by atoms with Crippen LogP contribution in [0.4, 0.5) is 4.39 Å². The predicted octanol–water partition coefficient (Wildman–Crippen LogP) is 4.15. The first-order valence-electron chi connectivity index (χ1n) is 7.90. The standard InChI is InChI=1S/C18H24FNO/c1-4-9(2)12-8-13(19)17-11-6-5-7-14(20)15(11)10(3)16(17)18(12)21/h4,8-11,14-15,21H,1,5-7,20H2,2-3H3. The summed E-state index contributed by atoms with van der Waals surface area (Å²) < 4.78 is 14.7. The summed E-state index contributed by atoms with van der Waals surface area (Å²) in [5.41, 5.74) is 8.45. The van der Waals surface area contributed by atoms with Crippen molar-refractivity contribution in [2.24, 2.45) is 11.7 Å². The molecule has 1 fully saturated rings. The molecular weight excluding hydrogens is 265 g/mol. The lowest BCUT2D eigenvalue weighted by Gasteiger charge is -2.34. The maximum Gasteiger partial charge on any atom is 0.127 e. The van der Waals surface area contributed by atoms with Gasteiger partial charge in [-0.05, 0) is 42.2 Å². The van der Waals surface area contributed by atoms with Crippen LogP contribution in [0.15, 0.2) is 18.7 Å². The summed E-state index contributed by atoms with van der Waals surface area (Å²) in [6, 6.07) is 1.60. The van der Waals surface area contributed by atoms with Crippen molar-refractivity contribution < 1.29 is 9.50 Å². The van der Waals surface area contributed by atoms with Crippen molar-refractivity contribution in [1.29, 1.82) is 0 Å². The van der Waals surface area contributed by atoms with Crippen molar-refractivity contribution >= 4 is 0 Å². The van der Waals surface area contributed by atoms with Gasteiger partial charge in [0.25, 0.3) is 0 Å². The second-order valence-electron chi connectivity index (χ2n) is 6.72. The van der Waals surface area contributed by atoms with Gasteiger partial charge in [0.1, 0.15) is 11.6 Å². The van der Waals surface area contributed by atoms with Gasteiger partial charge in [0, 0.05) is 23.1 Å². The molecular formula is C18H24FNO. The average Bonchev–Trinajstić information content (AvgIpc) is 2.77. The van der Waals surface area contributed by atoms with E-state index < -0.39 is 0 Å². The van der Waals surface area contributed by atoms with Gasteiger partial charge in [0.15, 0.2) is 0 Å². The van der Waals surface area contributed by atoms with Crippen LogP contribution in [0.1, 0.15) is 67.6 Å². The number of fused-ring (bicyclic) bond motifs is 3. The van der Waals surface area contributed by atoms with E-state index in [1.54, 1.807) is 6.08 Å². The van der Waals surface area contributed by atoms with Crippen LogP contribution >= 0.6 is 0 Å². The molecule has 1 saturated carbocycles. The number of benzene rings is 1. The fourth-order valence-corrected chi connectivity index (χ4v) is 4.51. The molecule has 0 radical (unpaired) electrons. The molecule has 5 unspecified atom stereocenters. The van der Waals surface area contributed by atoms with Crippen LogP contribution in [0.2, 0.25) is 0 Å². The first-order chi connectivity index (χ1) is 9.97. The summed E-state index contributed by atoms with van der Waals surface area (Å²) in [6.07, 6.45) is 4.75. The maximum absolute atomic E-state index is 14.7. The van der Waals surface area contributed by atoms with E-state index in [-0.39, 0.29) is 41.3 Å². The van der Waals surface area contributed by atoms with Gasteiger partial charge in [-0.2, -0.15) is 0 Å². The molecule has 0 amide bonds. The summed E-state index contributed by atoms with van der Waals surface area (Å²) in [4.78, 5) is 0. The van der Waals surface area contributed by atoms with Crippen LogP contribution in [0, 0.1) is 11.7 Å². The molecule has 0 aromatic heterocycles. The van der Waals surface area contributed by atoms with Crippen LogP contribution in [-0.2, 0) is 0 Å². The zero-order valence-corrected chi connectivity index (χ0v) is 12.8. The number of halogens is 1. The van der Waals surface area contributed by atoms with Gasteiger partial charge >= 0.3 is 0 Å². The highest BCUT2D eigenvalue weighted by molar-refractivity contribution is 5.55. The Hall–Kier alpha value is -1.35. The summed E-state index contributed by atoms with van der Waals surface area (Å²) in [5.74, 6) is 0.550. The van der Waals surface area contributed by atoms with E-state index in [1.807, 2.05) is 6.92 Å². The Bertz CT molecular complexity index is 583. The number of nitrogens with two attached hydrogens (primary N) is 1. The molecule has 5 atom stereocenters. The number of phenolic OH excluding ortho intramolecular Hbond substituents is 1. The summed E-state index contributed by atoms with van der Waals surface area (Å²) in [7, 11) is 0. The maximum atomic E-state index is 14.7. The molecule has 3 N–H and O–H groups in total. The van der Waals surface area contributed by atoms with Crippen molar-refractivity contribution in [3.63, 3.8) is 0 Å². The highest BCUT2D eigenvalue weighted by atomic mass is 19.1. The fraction of sp³-hybridized carbons (Fsp3) is 0.556. The first kappa shape index (κ1) is 14.6. The Morgan fingerprint density at radius 3 is 2.81 bits per heavy atom. The fourth-order valence-electron chi connectivity index (χ4n) is 4.51. The molecule has 2 aliphatic carbocycles. The molecule has 0 bridgehead atoms. The van der Waals surface area contributed by atoms with Gasteiger partial charge in [0.2, 0.25) is 0 Å². The molecule has 2 aliphatic rings. The Balaban J connectivity index is 2.18. The number of phenols is 1. The van der Waals surface area contributed by atoms with Crippen LogP contribution < -0.4 is 5.73 Å². The SMILES string of the molecule is C=CC(C)c1cc(F)c2c(c1O)C(C)C1C(N)CCCC21. The molecule has 0 heterocycles. The summed E-state index contributed by atoms with van der Waals surface area (Å²) in [5, 5.41) is 10.7. The molecule has 114 valence electrons. The Morgan fingerprint density at radius 1 is 1.43 bits per heavy atom. The lowest BCUT2D eigenvalue weighted by Crippen LogP contribution is -2.37. The van der Waals surface area contributed by atoms with Crippen molar-refractivity contribution in [3.05, 3.63) is 41.2 Å². The zero-order chi connectivity index (χ0) is 15.3. The highest BCUT2D eigenvalue weighted by Gasteiger charge is 2.46. The van der Waals surface area contributed by atoms with Gasteiger partial charge < -0.3 is 10.8 Å². The average molecular weight is 289 g/mol. The van der Waals surface area contributed by atoms with Gasteiger partial charge in [-0.25, -0.2) is 4.39 Å². The van der Waals surface area contributed by atoms with Gasteiger partial charge in [-0.3, -0.25) is 0 Å². The van der Waals surface area contributed by atoms with E-state index in [1.165, 1.54) is 6.07 Å². The molecule has 3 rings (SSSR count). The van der Waals surface area contributed by atoms with Crippen LogP contribution in [0.25, 0.3) is 0 Å². The lowest BCUT2D eigenvalue weighted by molar-refractivity contribution is 0.254. The van der Waals surface area contributed by atoms with Crippen molar-refractivity contribution in [3.8, 4) is 5.75 Å². The van der Waals surface area contributed by atoms with E-state index >= 15 is 0 Å². The molecule has 0 aliphatic heterocycles. The molecule has 2 nitrogen and oxygen atoms in total. The van der Waals surface area contributed by atoms with Gasteiger partial charge in [-0.1, -0.05) is 26.3 Å². The molecule has 0 spiro atoms. The van der Waals surface area contributed by atoms with Gasteiger partial charge in [-0.15, -0.1) is 6.58 Å². The monoisotopic (exact) mass is 289 g/mol. The quantitative estimate of drug-likeness (QED) is 0.803. The molecule has 21 heavy (non-hydrogen) atoms. The minimum Gasteiger partial charge on any atom is -0.507 e. The Morgan fingerprint density at radius 2 is 2.14 bits per heavy atom. The Labute approximate surface area is 125 Å². The third kappa shape index (κ3) is 2.02. The predicted molar refractivity (Wildman–Crippen MR) is 83.1 cm³/mol. The van der Waals surface area contributed by atoms with Crippen LogP contribution in [0.5, 0.6) is 5.75 Å². The molecule has 1 aromatic carbocycles. The van der Waals surface area contributed by atoms with E-state index in [0.717, 1.165) is 30.4 Å². The highest BCUT2D eigenvalue weighted by Crippen LogP contribution is 2.57. The number of aromatic hydroxyl groups is 1. The molecule has 0 saturated heterocycles. The van der Waals surface area contributed by atoms with Crippen molar-refractivity contribution in [2.75, 3.05) is 0 Å². The first-order valence-corrected chi connectivity index (χ1v) is 7.90. The smallest absolute Gasteiger partial charge is 0.127 e. The number of hydrogen-bond donors (Lipinski definition) is 2. The van der Waals surface area contributed by atoms with Crippen LogP contribution in [0.3, 0.4) is 0 Å². The van der Waals surface area contributed by atoms with Crippen molar-refractivity contribution in [2.45, 2.75) is 56.9 Å². The van der Waals surface area contributed by atoms with E-state index in [0.29, 0.717) is 5.56 Å². The molecule has 1 aromatic rings. The number of rotatable bonds is 2. The van der Waals surface area contributed by atoms with Gasteiger partial charge in [0.05, 0.1) is 0 Å². The van der Waals surface area contributed by atoms with Crippen LogP contribution in [-0.4, -0.2) is 11.1 Å². The normalized spacial score (nSPS) is 32.4. The van der Waals surface area contributed by atoms with E-state index in [4.69, 9.17) is 5.73 Å². The number of hydrogen-bond acceptors (Lipinski definition) is 2. The van der Waals surface area contributed by atoms with E-state index in [9.17, 15) is 9.50 Å². The minimum atomic E-state index is -0.181. The zero-order valence-electron chi connectivity index (χ0n) is 12.8. The second-order valence-corrected chi connectivity index (χ2v) is 6.72. The number of allylic oxidation sites excluding steroid dienone is 1. The third-order valence-electron chi connectivity index (χ3n) is 5.62. The minimum absolute atomic E-state index is 0.0618.